The van der Waals surface area contributed by atoms with E-state index in [0.717, 1.165) is 11.3 Å². The van der Waals surface area contributed by atoms with Crippen LogP contribution in [0.4, 0.5) is 11.6 Å². The maximum Gasteiger partial charge on any atom is 0.269 e. The van der Waals surface area contributed by atoms with Gasteiger partial charge in [0.25, 0.3) is 5.69 Å². The number of methoxy groups -OCH3 is 1. The standard InChI is InChI=1S/C23H17ClN6O3S/c1-33-20-12-2-15(3-13-20)14-25-28-22-26-21(16-4-8-19(9-5-16)30(31)32)27-23(34)29(22)18-10-6-17(24)7-11-18/h2-14H,1H3,(H,26,27,28,34)/b25-14+. The lowest BCUT2D eigenvalue weighted by molar-refractivity contribution is -0.384. The molecule has 1 heterocycles. The zero-order valence-electron chi connectivity index (χ0n) is 17.8. The molecule has 4 aromatic rings. The first-order valence-electron chi connectivity index (χ1n) is 9.89. The van der Waals surface area contributed by atoms with E-state index in [1.54, 1.807) is 54.3 Å². The van der Waals surface area contributed by atoms with Gasteiger partial charge in [0.1, 0.15) is 5.75 Å². The summed E-state index contributed by atoms with van der Waals surface area (Å²) in [4.78, 5) is 19.5. The molecule has 0 bridgehead atoms. The number of nitrogens with one attached hydrogen (secondary N) is 1. The van der Waals surface area contributed by atoms with E-state index in [4.69, 9.17) is 28.6 Å². The average molecular weight is 493 g/mol. The number of hydrogen-bond acceptors (Lipinski definition) is 8. The highest BCUT2D eigenvalue weighted by molar-refractivity contribution is 7.71. The monoisotopic (exact) mass is 492 g/mol. The zero-order chi connectivity index (χ0) is 24.1. The van der Waals surface area contributed by atoms with Crippen LogP contribution in [0.3, 0.4) is 0 Å². The number of nitrogens with zero attached hydrogens (tertiary/aromatic N) is 5. The summed E-state index contributed by atoms with van der Waals surface area (Å²) in [6, 6.07) is 20.3. The normalized spacial score (nSPS) is 10.9. The van der Waals surface area contributed by atoms with Gasteiger partial charge in [0, 0.05) is 22.7 Å². The molecule has 11 heteroatoms. The fourth-order valence-corrected chi connectivity index (χ4v) is 3.42. The Morgan fingerprint density at radius 3 is 2.35 bits per heavy atom. The molecule has 3 aromatic carbocycles. The maximum atomic E-state index is 11.0. The lowest BCUT2D eigenvalue weighted by Gasteiger charge is -2.13. The van der Waals surface area contributed by atoms with Crippen molar-refractivity contribution in [2.24, 2.45) is 5.10 Å². The molecule has 0 aliphatic heterocycles. The second-order valence-electron chi connectivity index (χ2n) is 6.91. The van der Waals surface area contributed by atoms with Gasteiger partial charge in [0.05, 0.1) is 23.9 Å². The van der Waals surface area contributed by atoms with E-state index >= 15 is 0 Å². The van der Waals surface area contributed by atoms with E-state index < -0.39 is 4.92 Å². The summed E-state index contributed by atoms with van der Waals surface area (Å²) in [6.07, 6.45) is 1.63. The quantitative estimate of drug-likeness (QED) is 0.153. The number of hydrogen-bond donors (Lipinski definition) is 1. The van der Waals surface area contributed by atoms with Crippen LogP contribution in [0, 0.1) is 14.9 Å². The molecule has 1 aromatic heterocycles. The Balaban J connectivity index is 1.73. The highest BCUT2D eigenvalue weighted by Crippen LogP contribution is 2.23. The predicted molar refractivity (Wildman–Crippen MR) is 134 cm³/mol. The molecule has 0 radical (unpaired) electrons. The van der Waals surface area contributed by atoms with E-state index in [-0.39, 0.29) is 10.5 Å². The third-order valence-electron chi connectivity index (χ3n) is 4.73. The zero-order valence-corrected chi connectivity index (χ0v) is 19.3. The van der Waals surface area contributed by atoms with Crippen molar-refractivity contribution in [1.29, 1.82) is 0 Å². The highest BCUT2D eigenvalue weighted by Gasteiger charge is 2.13. The maximum absolute atomic E-state index is 11.0. The predicted octanol–water partition coefficient (Wildman–Crippen LogP) is 5.68. The van der Waals surface area contributed by atoms with E-state index in [1.807, 2.05) is 24.3 Å². The number of rotatable bonds is 7. The molecule has 9 nitrogen and oxygen atoms in total. The van der Waals surface area contributed by atoms with Gasteiger partial charge < -0.3 is 4.74 Å². The largest absolute Gasteiger partial charge is 0.497 e. The summed E-state index contributed by atoms with van der Waals surface area (Å²) >= 11 is 11.6. The van der Waals surface area contributed by atoms with Gasteiger partial charge in [-0.05, 0) is 78.4 Å². The molecular weight excluding hydrogens is 476 g/mol. The van der Waals surface area contributed by atoms with Crippen LogP contribution in [-0.4, -0.2) is 32.8 Å². The second-order valence-corrected chi connectivity index (χ2v) is 7.71. The van der Waals surface area contributed by atoms with Crippen LogP contribution in [0.5, 0.6) is 5.75 Å². The minimum absolute atomic E-state index is 0.0306. The van der Waals surface area contributed by atoms with E-state index in [0.29, 0.717) is 28.0 Å². The first-order chi connectivity index (χ1) is 16.4. The molecule has 0 aliphatic rings. The topological polar surface area (TPSA) is 107 Å². The van der Waals surface area contributed by atoms with Gasteiger partial charge in [-0.25, -0.2) is 5.43 Å². The second kappa shape index (κ2) is 10.2. The smallest absolute Gasteiger partial charge is 0.269 e. The van der Waals surface area contributed by atoms with Gasteiger partial charge in [-0.1, -0.05) is 11.6 Å². The van der Waals surface area contributed by atoms with Crippen molar-refractivity contribution in [2.45, 2.75) is 0 Å². The number of ether oxygens (including phenoxy) is 1. The molecule has 0 amide bonds. The molecule has 170 valence electrons. The van der Waals surface area contributed by atoms with E-state index in [9.17, 15) is 10.1 Å². The number of aromatic nitrogens is 3. The van der Waals surface area contributed by atoms with Crippen LogP contribution in [0.15, 0.2) is 77.9 Å². The summed E-state index contributed by atoms with van der Waals surface area (Å²) in [6.45, 7) is 0. The van der Waals surface area contributed by atoms with Crippen LogP contribution < -0.4 is 10.2 Å². The fourth-order valence-electron chi connectivity index (χ4n) is 3.02. The van der Waals surface area contributed by atoms with Gasteiger partial charge in [-0.2, -0.15) is 15.1 Å². The first kappa shape index (κ1) is 23.0. The van der Waals surface area contributed by atoms with Crippen molar-refractivity contribution in [1.82, 2.24) is 14.5 Å². The number of anilines is 1. The summed E-state index contributed by atoms with van der Waals surface area (Å²) in [5.74, 6) is 1.35. The number of nitro benzene ring substituents is 1. The van der Waals surface area contributed by atoms with Gasteiger partial charge in [-0.15, -0.1) is 0 Å². The van der Waals surface area contributed by atoms with Gasteiger partial charge >= 0.3 is 0 Å². The SMILES string of the molecule is COc1ccc(/C=N/Nc2nc(-c3ccc([N+](=O)[O-])cc3)nc(=S)n2-c2ccc(Cl)cc2)cc1. The van der Waals surface area contributed by atoms with Crippen molar-refractivity contribution in [2.75, 3.05) is 12.5 Å². The summed E-state index contributed by atoms with van der Waals surface area (Å²) < 4.78 is 7.00. The average Bonchev–Trinajstić information content (AvgIpc) is 2.85. The Hall–Kier alpha value is -4.15. The molecule has 1 N–H and O–H groups in total. The van der Waals surface area contributed by atoms with Gasteiger partial charge in [0.2, 0.25) is 10.7 Å². The number of hydrazone groups is 1. The number of non-ortho nitro benzene ring substituents is 1. The Kier molecular flexibility index (Phi) is 6.90. The number of benzene rings is 3. The lowest BCUT2D eigenvalue weighted by Crippen LogP contribution is -2.10. The van der Waals surface area contributed by atoms with Crippen LogP contribution in [-0.2, 0) is 0 Å². The Morgan fingerprint density at radius 2 is 1.74 bits per heavy atom. The number of halogens is 1. The van der Waals surface area contributed by atoms with Crippen LogP contribution in [0.25, 0.3) is 17.1 Å². The highest BCUT2D eigenvalue weighted by atomic mass is 35.5. The molecule has 0 atom stereocenters. The van der Waals surface area contributed by atoms with Gasteiger partial charge in [0.15, 0.2) is 5.82 Å². The molecule has 0 unspecified atom stereocenters. The van der Waals surface area contributed by atoms with Crippen molar-refractivity contribution in [3.05, 3.63) is 98.3 Å². The van der Waals surface area contributed by atoms with Crippen LogP contribution >= 0.6 is 23.8 Å². The Morgan fingerprint density at radius 1 is 1.06 bits per heavy atom. The number of nitro groups is 1. The van der Waals surface area contributed by atoms with Crippen molar-refractivity contribution >= 4 is 41.7 Å². The Labute approximate surface area is 204 Å². The van der Waals surface area contributed by atoms with E-state index in [1.165, 1.54) is 12.1 Å². The third-order valence-corrected chi connectivity index (χ3v) is 5.26. The van der Waals surface area contributed by atoms with Crippen LogP contribution in [0.2, 0.25) is 5.02 Å². The minimum atomic E-state index is -0.469. The molecule has 4 rings (SSSR count). The molecule has 0 spiro atoms. The lowest BCUT2D eigenvalue weighted by atomic mass is 10.2. The van der Waals surface area contributed by atoms with Crippen molar-refractivity contribution in [3.63, 3.8) is 0 Å². The fraction of sp³-hybridized carbons (Fsp3) is 0.0435. The van der Waals surface area contributed by atoms with Crippen molar-refractivity contribution in [3.8, 4) is 22.8 Å². The third kappa shape index (κ3) is 5.25. The minimum Gasteiger partial charge on any atom is -0.497 e. The molecular formula is C23H17ClN6O3S. The van der Waals surface area contributed by atoms with Crippen molar-refractivity contribution < 1.29 is 9.66 Å². The van der Waals surface area contributed by atoms with Gasteiger partial charge in [-0.3, -0.25) is 14.7 Å². The first-order valence-corrected chi connectivity index (χ1v) is 10.7. The summed E-state index contributed by atoms with van der Waals surface area (Å²) in [5, 5.41) is 15.8. The van der Waals surface area contributed by atoms with E-state index in [2.05, 4.69) is 20.5 Å². The molecule has 34 heavy (non-hydrogen) atoms. The molecule has 0 fully saturated rings. The Bertz CT molecular complexity index is 1410. The molecule has 0 saturated heterocycles. The van der Waals surface area contributed by atoms with Crippen LogP contribution in [0.1, 0.15) is 5.56 Å². The molecule has 0 saturated carbocycles. The summed E-state index contributed by atoms with van der Waals surface area (Å²) in [7, 11) is 1.60. The molecule has 0 aliphatic carbocycles. The summed E-state index contributed by atoms with van der Waals surface area (Å²) in [5.41, 5.74) is 5.00.